The maximum absolute atomic E-state index is 11.1. The van der Waals surface area contributed by atoms with Crippen LogP contribution in [0.2, 0.25) is 0 Å². The van der Waals surface area contributed by atoms with Gasteiger partial charge in [0.2, 0.25) is 0 Å². The Kier molecular flexibility index (Phi) is 13.5. The first-order valence-electron chi connectivity index (χ1n) is 6.99. The fourth-order valence-corrected chi connectivity index (χ4v) is 1.44. The third-order valence-corrected chi connectivity index (χ3v) is 2.59. The standard InChI is InChI=1S/C14H26O6/c1-17-11-7-13(15)19-9-5-3-4-6-10-20-14(16)8-12-18-2/h3-12H2,1-2H3. The minimum atomic E-state index is -0.223. The lowest BCUT2D eigenvalue weighted by atomic mass is 10.2. The second-order valence-corrected chi connectivity index (χ2v) is 4.34. The van der Waals surface area contributed by atoms with E-state index < -0.39 is 0 Å². The molecule has 0 rings (SSSR count). The molecular formula is C14H26O6. The van der Waals surface area contributed by atoms with Gasteiger partial charge in [0.25, 0.3) is 0 Å². The molecule has 0 bridgehead atoms. The molecule has 0 atom stereocenters. The number of hydrogen-bond donors (Lipinski definition) is 0. The Morgan fingerprint density at radius 1 is 0.650 bits per heavy atom. The molecule has 0 saturated heterocycles. The molecule has 0 aromatic carbocycles. The van der Waals surface area contributed by atoms with Crippen LogP contribution >= 0.6 is 0 Å². The van der Waals surface area contributed by atoms with E-state index in [1.54, 1.807) is 14.2 Å². The van der Waals surface area contributed by atoms with Gasteiger partial charge in [-0.1, -0.05) is 0 Å². The third kappa shape index (κ3) is 13.3. The second-order valence-electron chi connectivity index (χ2n) is 4.34. The van der Waals surface area contributed by atoms with Crippen LogP contribution in [-0.2, 0) is 28.5 Å². The molecule has 0 aromatic rings. The van der Waals surface area contributed by atoms with Crippen molar-refractivity contribution in [3.05, 3.63) is 0 Å². The molecule has 0 unspecified atom stereocenters. The Morgan fingerprint density at radius 3 is 1.40 bits per heavy atom. The Morgan fingerprint density at radius 2 is 1.05 bits per heavy atom. The highest BCUT2D eigenvalue weighted by molar-refractivity contribution is 5.69. The Labute approximate surface area is 120 Å². The van der Waals surface area contributed by atoms with E-state index in [1.807, 2.05) is 0 Å². The minimum absolute atomic E-state index is 0.223. The Balaban J connectivity index is 3.20. The molecule has 0 saturated carbocycles. The van der Waals surface area contributed by atoms with Crippen LogP contribution in [0.3, 0.4) is 0 Å². The highest BCUT2D eigenvalue weighted by Gasteiger charge is 2.03. The highest BCUT2D eigenvalue weighted by atomic mass is 16.5. The molecule has 20 heavy (non-hydrogen) atoms. The lowest BCUT2D eigenvalue weighted by Gasteiger charge is -2.05. The number of carbonyl (C=O) groups excluding carboxylic acids is 2. The summed E-state index contributed by atoms with van der Waals surface area (Å²) in [6.07, 6.45) is 4.16. The number of esters is 2. The fraction of sp³-hybridized carbons (Fsp3) is 0.857. The summed E-state index contributed by atoms with van der Waals surface area (Å²) in [5.41, 5.74) is 0. The summed E-state index contributed by atoms with van der Waals surface area (Å²) in [7, 11) is 3.10. The number of rotatable bonds is 13. The zero-order chi connectivity index (χ0) is 15.1. The topological polar surface area (TPSA) is 71.1 Å². The summed E-state index contributed by atoms with van der Waals surface area (Å²) in [5.74, 6) is -0.446. The first-order chi connectivity index (χ1) is 9.70. The smallest absolute Gasteiger partial charge is 0.308 e. The summed E-state index contributed by atoms with van der Waals surface area (Å²) in [4.78, 5) is 22.3. The molecule has 0 amide bonds. The van der Waals surface area contributed by atoms with E-state index >= 15 is 0 Å². The van der Waals surface area contributed by atoms with Crippen molar-refractivity contribution in [2.45, 2.75) is 38.5 Å². The van der Waals surface area contributed by atoms with Gasteiger partial charge in [0.05, 0.1) is 39.3 Å². The molecule has 0 radical (unpaired) electrons. The van der Waals surface area contributed by atoms with Crippen molar-refractivity contribution in [2.75, 3.05) is 40.6 Å². The lowest BCUT2D eigenvalue weighted by Crippen LogP contribution is -2.09. The molecular weight excluding hydrogens is 264 g/mol. The minimum Gasteiger partial charge on any atom is -0.466 e. The summed E-state index contributed by atoms with van der Waals surface area (Å²) < 4.78 is 19.6. The van der Waals surface area contributed by atoms with Crippen LogP contribution in [0, 0.1) is 0 Å². The van der Waals surface area contributed by atoms with Gasteiger partial charge in [0.15, 0.2) is 0 Å². The van der Waals surface area contributed by atoms with Crippen molar-refractivity contribution in [2.24, 2.45) is 0 Å². The van der Waals surface area contributed by atoms with Crippen molar-refractivity contribution in [3.63, 3.8) is 0 Å². The first kappa shape index (κ1) is 18.9. The average molecular weight is 290 g/mol. The quantitative estimate of drug-likeness (QED) is 0.380. The van der Waals surface area contributed by atoms with E-state index in [9.17, 15) is 9.59 Å². The average Bonchev–Trinajstić information content (AvgIpc) is 2.45. The van der Waals surface area contributed by atoms with Crippen LogP contribution in [0.15, 0.2) is 0 Å². The van der Waals surface area contributed by atoms with E-state index in [4.69, 9.17) is 18.9 Å². The van der Waals surface area contributed by atoms with Crippen molar-refractivity contribution < 1.29 is 28.5 Å². The normalized spacial score (nSPS) is 10.3. The monoisotopic (exact) mass is 290 g/mol. The van der Waals surface area contributed by atoms with Gasteiger partial charge in [0.1, 0.15) is 0 Å². The van der Waals surface area contributed by atoms with Crippen LogP contribution in [-0.4, -0.2) is 52.6 Å². The summed E-state index contributed by atoms with van der Waals surface area (Å²) in [6.45, 7) is 1.67. The molecule has 0 fully saturated rings. The van der Waals surface area contributed by atoms with Crippen LogP contribution in [0.5, 0.6) is 0 Å². The molecule has 0 spiro atoms. The van der Waals surface area contributed by atoms with E-state index in [2.05, 4.69) is 0 Å². The van der Waals surface area contributed by atoms with Crippen molar-refractivity contribution in [1.29, 1.82) is 0 Å². The molecule has 0 aliphatic heterocycles. The zero-order valence-corrected chi connectivity index (χ0v) is 12.5. The molecule has 0 aliphatic carbocycles. The van der Waals surface area contributed by atoms with Gasteiger partial charge in [-0.05, 0) is 25.7 Å². The largest absolute Gasteiger partial charge is 0.466 e. The molecule has 0 heterocycles. The van der Waals surface area contributed by atoms with Crippen LogP contribution < -0.4 is 0 Å². The maximum Gasteiger partial charge on any atom is 0.308 e. The Bertz CT molecular complexity index is 228. The molecule has 0 N–H and O–H groups in total. The number of carbonyl (C=O) groups is 2. The Hall–Kier alpha value is -1.14. The molecule has 6 heteroatoms. The SMILES string of the molecule is COCCC(=O)OCCCCCCOC(=O)CCOC. The number of methoxy groups -OCH3 is 2. The first-order valence-corrected chi connectivity index (χ1v) is 6.99. The van der Waals surface area contributed by atoms with Gasteiger partial charge < -0.3 is 18.9 Å². The molecule has 118 valence electrons. The van der Waals surface area contributed by atoms with Gasteiger partial charge in [-0.3, -0.25) is 9.59 Å². The van der Waals surface area contributed by atoms with E-state index in [0.717, 1.165) is 25.7 Å². The van der Waals surface area contributed by atoms with Crippen molar-refractivity contribution in [1.82, 2.24) is 0 Å². The van der Waals surface area contributed by atoms with Crippen molar-refractivity contribution in [3.8, 4) is 0 Å². The molecule has 0 aliphatic rings. The fourth-order valence-electron chi connectivity index (χ4n) is 1.44. The predicted octanol–water partition coefficient (Wildman–Crippen LogP) is 1.71. The number of unbranched alkanes of at least 4 members (excludes halogenated alkanes) is 3. The van der Waals surface area contributed by atoms with Crippen molar-refractivity contribution >= 4 is 11.9 Å². The number of ether oxygens (including phenoxy) is 4. The third-order valence-electron chi connectivity index (χ3n) is 2.59. The maximum atomic E-state index is 11.1. The highest BCUT2D eigenvalue weighted by Crippen LogP contribution is 2.02. The molecule has 6 nitrogen and oxygen atoms in total. The predicted molar refractivity (Wildman–Crippen MR) is 73.4 cm³/mol. The lowest BCUT2D eigenvalue weighted by molar-refractivity contribution is -0.146. The van der Waals surface area contributed by atoms with Crippen LogP contribution in [0.25, 0.3) is 0 Å². The summed E-state index contributed by atoms with van der Waals surface area (Å²) in [6, 6.07) is 0. The number of hydrogen-bond acceptors (Lipinski definition) is 6. The van der Waals surface area contributed by atoms with E-state index in [-0.39, 0.29) is 11.9 Å². The van der Waals surface area contributed by atoms with E-state index in [0.29, 0.717) is 39.3 Å². The second kappa shape index (κ2) is 14.3. The van der Waals surface area contributed by atoms with Gasteiger partial charge in [0, 0.05) is 14.2 Å². The molecule has 0 aromatic heterocycles. The van der Waals surface area contributed by atoms with Crippen LogP contribution in [0.4, 0.5) is 0 Å². The van der Waals surface area contributed by atoms with E-state index in [1.165, 1.54) is 0 Å². The van der Waals surface area contributed by atoms with Gasteiger partial charge in [-0.2, -0.15) is 0 Å². The van der Waals surface area contributed by atoms with Gasteiger partial charge >= 0.3 is 11.9 Å². The summed E-state index contributed by atoms with van der Waals surface area (Å²) >= 11 is 0. The van der Waals surface area contributed by atoms with Gasteiger partial charge in [-0.25, -0.2) is 0 Å². The van der Waals surface area contributed by atoms with Crippen LogP contribution in [0.1, 0.15) is 38.5 Å². The van der Waals surface area contributed by atoms with Gasteiger partial charge in [-0.15, -0.1) is 0 Å². The zero-order valence-electron chi connectivity index (χ0n) is 12.5. The summed E-state index contributed by atoms with van der Waals surface area (Å²) in [5, 5.41) is 0.